The molecule has 1 aliphatic heterocycles. The highest BCUT2D eigenvalue weighted by atomic mass is 32.2. The summed E-state index contributed by atoms with van der Waals surface area (Å²) in [6.07, 6.45) is 5.97. The summed E-state index contributed by atoms with van der Waals surface area (Å²) in [6.45, 7) is 0.545. The van der Waals surface area contributed by atoms with Crippen LogP contribution in [-0.2, 0) is 14.8 Å². The maximum absolute atomic E-state index is 14.1. The average molecular weight is 365 g/mol. The molecule has 2 heterocycles. The third-order valence-electron chi connectivity index (χ3n) is 4.33. The minimum atomic E-state index is -3.33. The summed E-state index contributed by atoms with van der Waals surface area (Å²) in [5.74, 6) is -1.38. The molecule has 3 rings (SSSR count). The molecule has 0 spiro atoms. The molecule has 6 nitrogen and oxygen atoms in total. The predicted molar refractivity (Wildman–Crippen MR) is 93.5 cm³/mol. The maximum Gasteiger partial charge on any atom is 0.228 e. The number of carbonyl (C=O) groups is 1. The molecule has 1 aromatic carbocycles. The van der Waals surface area contributed by atoms with Crippen molar-refractivity contribution in [3.63, 3.8) is 0 Å². The number of hydrogen-bond acceptors (Lipinski definition) is 3. The Labute approximate surface area is 146 Å². The van der Waals surface area contributed by atoms with E-state index < -0.39 is 21.8 Å². The van der Waals surface area contributed by atoms with E-state index in [4.69, 9.17) is 0 Å². The Morgan fingerprint density at radius 3 is 2.68 bits per heavy atom. The number of halogens is 1. The SMILES string of the molecule is CS(=O)(=O)N1CCCC(C(=O)Nc2cc(-n3cccc3)ccc2F)C1. The minimum absolute atomic E-state index is 0.0904. The van der Waals surface area contributed by atoms with Gasteiger partial charge >= 0.3 is 0 Å². The monoisotopic (exact) mass is 365 g/mol. The lowest BCUT2D eigenvalue weighted by atomic mass is 9.98. The van der Waals surface area contributed by atoms with Crippen LogP contribution in [0.4, 0.5) is 10.1 Å². The van der Waals surface area contributed by atoms with Crippen molar-refractivity contribution in [1.82, 2.24) is 8.87 Å². The van der Waals surface area contributed by atoms with Crippen LogP contribution >= 0.6 is 0 Å². The molecule has 1 saturated heterocycles. The van der Waals surface area contributed by atoms with Gasteiger partial charge in [-0.3, -0.25) is 4.79 Å². The fourth-order valence-corrected chi connectivity index (χ4v) is 3.88. The summed E-state index contributed by atoms with van der Waals surface area (Å²) in [6, 6.07) is 8.18. The number of rotatable bonds is 4. The molecule has 1 amide bonds. The Hall–Kier alpha value is -2.19. The molecular formula is C17H20FN3O3S. The Balaban J connectivity index is 1.75. The first-order valence-corrected chi connectivity index (χ1v) is 9.88. The molecule has 2 aromatic rings. The number of carbonyl (C=O) groups excluding carboxylic acids is 1. The number of hydrogen-bond donors (Lipinski definition) is 1. The van der Waals surface area contributed by atoms with Crippen LogP contribution in [0.15, 0.2) is 42.7 Å². The van der Waals surface area contributed by atoms with Gasteiger partial charge in [0.2, 0.25) is 15.9 Å². The third kappa shape index (κ3) is 4.08. The fourth-order valence-electron chi connectivity index (χ4n) is 2.97. The molecule has 0 aliphatic carbocycles. The van der Waals surface area contributed by atoms with Gasteiger partial charge in [0.05, 0.1) is 17.9 Å². The van der Waals surface area contributed by atoms with Crippen molar-refractivity contribution in [2.24, 2.45) is 5.92 Å². The number of nitrogens with one attached hydrogen (secondary N) is 1. The van der Waals surface area contributed by atoms with Crippen LogP contribution in [0.1, 0.15) is 12.8 Å². The highest BCUT2D eigenvalue weighted by Crippen LogP contribution is 2.23. The van der Waals surface area contributed by atoms with Crippen LogP contribution in [0.5, 0.6) is 0 Å². The molecule has 1 N–H and O–H groups in total. The lowest BCUT2D eigenvalue weighted by Gasteiger charge is -2.30. The summed E-state index contributed by atoms with van der Waals surface area (Å²) < 4.78 is 40.5. The number of anilines is 1. The molecule has 0 radical (unpaired) electrons. The minimum Gasteiger partial charge on any atom is -0.324 e. The summed E-state index contributed by atoms with van der Waals surface area (Å²) in [5.41, 5.74) is 0.816. The van der Waals surface area contributed by atoms with E-state index in [0.29, 0.717) is 19.4 Å². The van der Waals surface area contributed by atoms with E-state index in [0.717, 1.165) is 11.9 Å². The van der Waals surface area contributed by atoms with Gasteiger partial charge in [-0.15, -0.1) is 0 Å². The van der Waals surface area contributed by atoms with Crippen molar-refractivity contribution in [3.05, 3.63) is 48.5 Å². The van der Waals surface area contributed by atoms with Gasteiger partial charge in [-0.1, -0.05) is 0 Å². The van der Waals surface area contributed by atoms with E-state index in [-0.39, 0.29) is 18.1 Å². The van der Waals surface area contributed by atoms with E-state index in [1.165, 1.54) is 10.4 Å². The summed E-state index contributed by atoms with van der Waals surface area (Å²) in [5, 5.41) is 2.61. The number of sulfonamides is 1. The quantitative estimate of drug-likeness (QED) is 0.903. The van der Waals surface area contributed by atoms with Crippen molar-refractivity contribution in [1.29, 1.82) is 0 Å². The van der Waals surface area contributed by atoms with Crippen molar-refractivity contribution in [2.45, 2.75) is 12.8 Å². The standard InChI is InChI=1S/C17H20FN3O3S/c1-25(23,24)21-10-4-5-13(12-21)17(22)19-16-11-14(6-7-15(16)18)20-8-2-3-9-20/h2-3,6-9,11,13H,4-5,10,12H2,1H3,(H,19,22). The van der Waals surface area contributed by atoms with Crippen LogP contribution in [-0.4, -0.2) is 42.5 Å². The van der Waals surface area contributed by atoms with Gasteiger partial charge in [-0.25, -0.2) is 17.1 Å². The van der Waals surface area contributed by atoms with Crippen LogP contribution in [0, 0.1) is 11.7 Å². The van der Waals surface area contributed by atoms with Crippen molar-refractivity contribution in [3.8, 4) is 5.69 Å². The molecule has 1 aromatic heterocycles. The second-order valence-corrected chi connectivity index (χ2v) is 8.19. The lowest BCUT2D eigenvalue weighted by Crippen LogP contribution is -2.43. The molecule has 0 bridgehead atoms. The topological polar surface area (TPSA) is 71.4 Å². The molecule has 0 saturated carbocycles. The zero-order valence-electron chi connectivity index (χ0n) is 13.9. The molecular weight excluding hydrogens is 345 g/mol. The van der Waals surface area contributed by atoms with Gasteiger partial charge in [0.25, 0.3) is 0 Å². The van der Waals surface area contributed by atoms with Crippen LogP contribution < -0.4 is 5.32 Å². The Morgan fingerprint density at radius 2 is 2.00 bits per heavy atom. The number of piperidine rings is 1. The summed E-state index contributed by atoms with van der Waals surface area (Å²) >= 11 is 0. The van der Waals surface area contributed by atoms with Crippen LogP contribution in [0.25, 0.3) is 5.69 Å². The lowest BCUT2D eigenvalue weighted by molar-refractivity contribution is -0.120. The Morgan fingerprint density at radius 1 is 1.28 bits per heavy atom. The Bertz CT molecular complexity index is 865. The fraction of sp³-hybridized carbons (Fsp3) is 0.353. The van der Waals surface area contributed by atoms with Gasteiger partial charge in [0.1, 0.15) is 5.82 Å². The first-order valence-electron chi connectivity index (χ1n) is 8.03. The zero-order valence-corrected chi connectivity index (χ0v) is 14.7. The van der Waals surface area contributed by atoms with E-state index in [1.54, 1.807) is 16.7 Å². The van der Waals surface area contributed by atoms with Gasteiger partial charge < -0.3 is 9.88 Å². The number of nitrogens with zero attached hydrogens (tertiary/aromatic N) is 2. The van der Waals surface area contributed by atoms with Gasteiger partial charge in [-0.2, -0.15) is 0 Å². The second-order valence-electron chi connectivity index (χ2n) is 6.20. The zero-order chi connectivity index (χ0) is 18.0. The molecule has 134 valence electrons. The molecule has 1 fully saturated rings. The van der Waals surface area contributed by atoms with Gasteiger partial charge in [0.15, 0.2) is 0 Å². The number of aromatic nitrogens is 1. The highest BCUT2D eigenvalue weighted by molar-refractivity contribution is 7.88. The van der Waals surface area contributed by atoms with E-state index in [9.17, 15) is 17.6 Å². The Kier molecular flexibility index (Phi) is 4.91. The molecule has 8 heteroatoms. The highest BCUT2D eigenvalue weighted by Gasteiger charge is 2.30. The van der Waals surface area contributed by atoms with Crippen molar-refractivity contribution >= 4 is 21.6 Å². The average Bonchev–Trinajstić information content (AvgIpc) is 3.10. The number of amides is 1. The first kappa shape index (κ1) is 17.6. The predicted octanol–water partition coefficient (Wildman–Crippen LogP) is 2.23. The third-order valence-corrected chi connectivity index (χ3v) is 5.60. The maximum atomic E-state index is 14.1. The molecule has 25 heavy (non-hydrogen) atoms. The smallest absolute Gasteiger partial charge is 0.228 e. The summed E-state index contributed by atoms with van der Waals surface area (Å²) in [7, 11) is -3.33. The second kappa shape index (κ2) is 6.97. The van der Waals surface area contributed by atoms with Crippen molar-refractivity contribution in [2.75, 3.05) is 24.7 Å². The van der Waals surface area contributed by atoms with Crippen LogP contribution in [0.3, 0.4) is 0 Å². The molecule has 1 aliphatic rings. The van der Waals surface area contributed by atoms with E-state index in [1.807, 2.05) is 24.5 Å². The van der Waals surface area contributed by atoms with E-state index in [2.05, 4.69) is 5.32 Å². The van der Waals surface area contributed by atoms with Gasteiger partial charge in [0, 0.05) is 31.2 Å². The molecule has 1 unspecified atom stereocenters. The van der Waals surface area contributed by atoms with Gasteiger partial charge in [-0.05, 0) is 43.2 Å². The first-order chi connectivity index (χ1) is 11.8. The normalized spacial score (nSPS) is 18.9. The van der Waals surface area contributed by atoms with Crippen molar-refractivity contribution < 1.29 is 17.6 Å². The number of benzene rings is 1. The van der Waals surface area contributed by atoms with E-state index >= 15 is 0 Å². The summed E-state index contributed by atoms with van der Waals surface area (Å²) in [4.78, 5) is 12.5. The largest absolute Gasteiger partial charge is 0.324 e. The van der Waals surface area contributed by atoms with Crippen LogP contribution in [0.2, 0.25) is 0 Å². The molecule has 1 atom stereocenters.